The Kier molecular flexibility index (Phi) is 6.23. The summed E-state index contributed by atoms with van der Waals surface area (Å²) in [7, 11) is 0. The molecule has 1 aliphatic heterocycles. The largest absolute Gasteiger partial charge is 0.379 e. The third-order valence-electron chi connectivity index (χ3n) is 4.93. The SMILES string of the molecule is O=C(Cn1nnc(-c2ccccc2)n1)NCC(c1ccccc1)N1CCOCC1. The molecular formula is C21H24N6O2. The van der Waals surface area contributed by atoms with E-state index in [2.05, 4.69) is 37.8 Å². The van der Waals surface area contributed by atoms with Gasteiger partial charge in [-0.05, 0) is 10.8 Å². The Labute approximate surface area is 169 Å². The van der Waals surface area contributed by atoms with Crippen molar-refractivity contribution in [2.45, 2.75) is 12.6 Å². The summed E-state index contributed by atoms with van der Waals surface area (Å²) < 4.78 is 5.47. The maximum Gasteiger partial charge on any atom is 0.243 e. The van der Waals surface area contributed by atoms with Crippen LogP contribution in [0.25, 0.3) is 11.4 Å². The third kappa shape index (κ3) is 5.04. The number of hydrogen-bond donors (Lipinski definition) is 1. The lowest BCUT2D eigenvalue weighted by molar-refractivity contribution is -0.122. The fourth-order valence-electron chi connectivity index (χ4n) is 3.43. The van der Waals surface area contributed by atoms with Crippen molar-refractivity contribution in [1.29, 1.82) is 0 Å². The van der Waals surface area contributed by atoms with E-state index in [0.717, 1.165) is 18.7 Å². The molecule has 8 nitrogen and oxygen atoms in total. The molecule has 1 aliphatic rings. The number of aromatic nitrogens is 4. The molecule has 0 bridgehead atoms. The number of rotatable bonds is 7. The van der Waals surface area contributed by atoms with Crippen LogP contribution in [0.4, 0.5) is 0 Å². The van der Waals surface area contributed by atoms with E-state index in [1.807, 2.05) is 48.5 Å². The van der Waals surface area contributed by atoms with Crippen molar-refractivity contribution in [2.24, 2.45) is 0 Å². The normalized spacial score (nSPS) is 15.7. The summed E-state index contributed by atoms with van der Waals surface area (Å²) in [5, 5.41) is 15.4. The van der Waals surface area contributed by atoms with Gasteiger partial charge in [0.1, 0.15) is 6.54 Å². The van der Waals surface area contributed by atoms with Crippen LogP contribution in [0.15, 0.2) is 60.7 Å². The second kappa shape index (κ2) is 9.40. The van der Waals surface area contributed by atoms with Gasteiger partial charge in [0.15, 0.2) is 0 Å². The van der Waals surface area contributed by atoms with Crippen molar-refractivity contribution < 1.29 is 9.53 Å². The Hall–Kier alpha value is -3.10. The smallest absolute Gasteiger partial charge is 0.243 e. The first-order valence-electron chi connectivity index (χ1n) is 9.76. The zero-order valence-corrected chi connectivity index (χ0v) is 16.1. The molecule has 3 aromatic rings. The molecule has 1 unspecified atom stereocenters. The van der Waals surface area contributed by atoms with Crippen LogP contribution in [0.3, 0.4) is 0 Å². The monoisotopic (exact) mass is 392 g/mol. The molecule has 1 fully saturated rings. The average molecular weight is 392 g/mol. The predicted octanol–water partition coefficient (Wildman–Crippen LogP) is 1.53. The van der Waals surface area contributed by atoms with E-state index >= 15 is 0 Å². The van der Waals surface area contributed by atoms with Gasteiger partial charge in [-0.15, -0.1) is 10.2 Å². The van der Waals surface area contributed by atoms with Gasteiger partial charge in [-0.3, -0.25) is 9.69 Å². The molecule has 8 heteroatoms. The van der Waals surface area contributed by atoms with Gasteiger partial charge in [0.25, 0.3) is 0 Å². The van der Waals surface area contributed by atoms with Gasteiger partial charge < -0.3 is 10.1 Å². The topological polar surface area (TPSA) is 85.2 Å². The van der Waals surface area contributed by atoms with Crippen LogP contribution in [-0.2, 0) is 16.1 Å². The Morgan fingerprint density at radius 1 is 1.03 bits per heavy atom. The van der Waals surface area contributed by atoms with Crippen LogP contribution < -0.4 is 5.32 Å². The summed E-state index contributed by atoms with van der Waals surface area (Å²) in [4.78, 5) is 16.2. The highest BCUT2D eigenvalue weighted by atomic mass is 16.5. The first-order valence-corrected chi connectivity index (χ1v) is 9.76. The molecule has 1 N–H and O–H groups in total. The predicted molar refractivity (Wildman–Crippen MR) is 108 cm³/mol. The molecular weight excluding hydrogens is 368 g/mol. The lowest BCUT2D eigenvalue weighted by atomic mass is 10.0. The molecule has 2 heterocycles. The van der Waals surface area contributed by atoms with Gasteiger partial charge in [0.2, 0.25) is 11.7 Å². The highest BCUT2D eigenvalue weighted by Crippen LogP contribution is 2.21. The summed E-state index contributed by atoms with van der Waals surface area (Å²) in [6.07, 6.45) is 0. The maximum absolute atomic E-state index is 12.5. The van der Waals surface area contributed by atoms with E-state index in [9.17, 15) is 4.79 Å². The van der Waals surface area contributed by atoms with Gasteiger partial charge in [-0.2, -0.15) is 4.80 Å². The van der Waals surface area contributed by atoms with Crippen LogP contribution in [-0.4, -0.2) is 63.9 Å². The summed E-state index contributed by atoms with van der Waals surface area (Å²) in [6, 6.07) is 19.9. The van der Waals surface area contributed by atoms with Crippen LogP contribution in [0.5, 0.6) is 0 Å². The number of nitrogens with one attached hydrogen (secondary N) is 1. The summed E-state index contributed by atoms with van der Waals surface area (Å²) in [5.74, 6) is 0.366. The van der Waals surface area contributed by atoms with Crippen LogP contribution >= 0.6 is 0 Å². The Balaban J connectivity index is 1.37. The van der Waals surface area contributed by atoms with Crippen molar-refractivity contribution in [3.05, 3.63) is 66.2 Å². The van der Waals surface area contributed by atoms with Crippen molar-refractivity contribution in [3.63, 3.8) is 0 Å². The number of carbonyl (C=O) groups excluding carboxylic acids is 1. The molecule has 1 amide bonds. The van der Waals surface area contributed by atoms with Gasteiger partial charge in [-0.1, -0.05) is 60.7 Å². The maximum atomic E-state index is 12.5. The first kappa shape index (κ1) is 19.2. The number of hydrogen-bond acceptors (Lipinski definition) is 6. The highest BCUT2D eigenvalue weighted by molar-refractivity contribution is 5.75. The van der Waals surface area contributed by atoms with E-state index in [1.165, 1.54) is 10.4 Å². The molecule has 0 aliphatic carbocycles. The second-order valence-corrected chi connectivity index (χ2v) is 6.89. The molecule has 4 rings (SSSR count). The Bertz CT molecular complexity index is 909. The number of morpholine rings is 1. The molecule has 1 saturated heterocycles. The van der Waals surface area contributed by atoms with Gasteiger partial charge in [0, 0.05) is 25.2 Å². The zero-order chi connectivity index (χ0) is 19.9. The molecule has 0 radical (unpaired) electrons. The second-order valence-electron chi connectivity index (χ2n) is 6.89. The van der Waals surface area contributed by atoms with E-state index < -0.39 is 0 Å². The summed E-state index contributed by atoms with van der Waals surface area (Å²) in [5.41, 5.74) is 2.05. The standard InChI is InChI=1S/C21H24N6O2/c28-20(16-27-24-21(23-25-27)18-9-5-2-6-10-18)22-15-19(17-7-3-1-4-8-17)26-11-13-29-14-12-26/h1-10,19H,11-16H2,(H,22,28). The number of nitrogens with zero attached hydrogens (tertiary/aromatic N) is 5. The number of amides is 1. The summed E-state index contributed by atoms with van der Waals surface area (Å²) in [6.45, 7) is 3.67. The Morgan fingerprint density at radius 2 is 1.72 bits per heavy atom. The summed E-state index contributed by atoms with van der Waals surface area (Å²) >= 11 is 0. The van der Waals surface area contributed by atoms with E-state index in [4.69, 9.17) is 4.74 Å². The fraction of sp³-hybridized carbons (Fsp3) is 0.333. The number of tetrazole rings is 1. The number of ether oxygens (including phenoxy) is 1. The van der Waals surface area contributed by atoms with Gasteiger partial charge >= 0.3 is 0 Å². The van der Waals surface area contributed by atoms with Crippen molar-refractivity contribution >= 4 is 5.91 Å². The lowest BCUT2D eigenvalue weighted by Crippen LogP contribution is -2.44. The molecule has 2 aromatic carbocycles. The number of carbonyl (C=O) groups is 1. The van der Waals surface area contributed by atoms with Gasteiger partial charge in [0.05, 0.1) is 19.3 Å². The molecule has 1 aromatic heterocycles. The molecule has 29 heavy (non-hydrogen) atoms. The quantitative estimate of drug-likeness (QED) is 0.656. The van der Waals surface area contributed by atoms with Gasteiger partial charge in [-0.25, -0.2) is 0 Å². The molecule has 0 spiro atoms. The lowest BCUT2D eigenvalue weighted by Gasteiger charge is -2.34. The van der Waals surface area contributed by atoms with Crippen LogP contribution in [0.2, 0.25) is 0 Å². The minimum Gasteiger partial charge on any atom is -0.379 e. The average Bonchev–Trinajstić information content (AvgIpc) is 3.24. The zero-order valence-electron chi connectivity index (χ0n) is 16.1. The van der Waals surface area contributed by atoms with E-state index in [0.29, 0.717) is 25.6 Å². The number of benzene rings is 2. The third-order valence-corrected chi connectivity index (χ3v) is 4.93. The minimum absolute atomic E-state index is 0.0322. The Morgan fingerprint density at radius 3 is 2.45 bits per heavy atom. The van der Waals surface area contributed by atoms with Crippen molar-refractivity contribution in [1.82, 2.24) is 30.4 Å². The fourth-order valence-corrected chi connectivity index (χ4v) is 3.43. The molecule has 150 valence electrons. The van der Waals surface area contributed by atoms with Crippen LogP contribution in [0, 0.1) is 0 Å². The van der Waals surface area contributed by atoms with Crippen LogP contribution in [0.1, 0.15) is 11.6 Å². The molecule has 1 atom stereocenters. The van der Waals surface area contributed by atoms with E-state index in [-0.39, 0.29) is 18.5 Å². The van der Waals surface area contributed by atoms with Crippen molar-refractivity contribution in [2.75, 3.05) is 32.8 Å². The van der Waals surface area contributed by atoms with E-state index in [1.54, 1.807) is 0 Å². The highest BCUT2D eigenvalue weighted by Gasteiger charge is 2.23. The van der Waals surface area contributed by atoms with Crippen molar-refractivity contribution in [3.8, 4) is 11.4 Å². The first-order chi connectivity index (χ1) is 14.3. The molecule has 0 saturated carbocycles. The minimum atomic E-state index is -0.142.